The highest BCUT2D eigenvalue weighted by Crippen LogP contribution is 2.21. The average molecular weight is 276 g/mol. The van der Waals surface area contributed by atoms with Gasteiger partial charge in [-0.15, -0.1) is 0 Å². The summed E-state index contributed by atoms with van der Waals surface area (Å²) in [4.78, 5) is 16.3. The quantitative estimate of drug-likeness (QED) is 0.903. The Kier molecular flexibility index (Phi) is 4.02. The number of hydrogen-bond acceptors (Lipinski definition) is 3. The van der Waals surface area contributed by atoms with Crippen LogP contribution in [0.25, 0.3) is 0 Å². The maximum Gasteiger partial charge on any atom is 0.257 e. The Hall–Kier alpha value is -2.07. The Morgan fingerprint density at radius 2 is 2.05 bits per heavy atom. The molecule has 1 heterocycles. The number of aryl methyl sites for hydroxylation is 1. The predicted octanol–water partition coefficient (Wildman–Crippen LogP) is 3.34. The Labute approximate surface area is 116 Å². The van der Waals surface area contributed by atoms with E-state index in [1.54, 1.807) is 37.6 Å². The van der Waals surface area contributed by atoms with E-state index in [0.717, 1.165) is 11.3 Å². The number of carbonyl (C=O) groups is 1. The van der Waals surface area contributed by atoms with E-state index in [4.69, 9.17) is 11.6 Å². The molecule has 0 aliphatic heterocycles. The summed E-state index contributed by atoms with van der Waals surface area (Å²) < 4.78 is 0. The Morgan fingerprint density at radius 1 is 1.26 bits per heavy atom. The van der Waals surface area contributed by atoms with E-state index in [1.165, 1.54) is 0 Å². The van der Waals surface area contributed by atoms with Crippen molar-refractivity contribution in [3.05, 3.63) is 52.8 Å². The third-order valence-corrected chi connectivity index (χ3v) is 2.86. The number of rotatable bonds is 3. The fourth-order valence-electron chi connectivity index (χ4n) is 1.74. The van der Waals surface area contributed by atoms with Crippen molar-refractivity contribution in [1.29, 1.82) is 0 Å². The monoisotopic (exact) mass is 275 g/mol. The van der Waals surface area contributed by atoms with Crippen molar-refractivity contribution < 1.29 is 4.79 Å². The topological polar surface area (TPSA) is 54.0 Å². The van der Waals surface area contributed by atoms with Crippen molar-refractivity contribution in [2.24, 2.45) is 0 Å². The smallest absolute Gasteiger partial charge is 0.257 e. The number of nitrogens with zero attached hydrogens (tertiary/aromatic N) is 1. The predicted molar refractivity (Wildman–Crippen MR) is 77.9 cm³/mol. The van der Waals surface area contributed by atoms with Crippen LogP contribution < -0.4 is 10.6 Å². The van der Waals surface area contributed by atoms with Gasteiger partial charge in [-0.2, -0.15) is 0 Å². The molecule has 0 aliphatic carbocycles. The van der Waals surface area contributed by atoms with Crippen LogP contribution in [0, 0.1) is 6.92 Å². The molecule has 5 heteroatoms. The number of pyridine rings is 1. The molecule has 0 radical (unpaired) electrons. The first-order valence-corrected chi connectivity index (χ1v) is 6.18. The standard InChI is InChI=1S/C14H14ClN3O/c1-9-5-11(8-17-7-9)18-14(19)12-6-10(15)3-4-13(12)16-2/h3-8,16H,1-2H3,(H,18,19). The molecule has 2 aromatic rings. The number of hydrogen-bond donors (Lipinski definition) is 2. The third-order valence-electron chi connectivity index (χ3n) is 2.63. The molecule has 0 atom stereocenters. The van der Waals surface area contributed by atoms with Crippen LogP contribution in [0.5, 0.6) is 0 Å². The summed E-state index contributed by atoms with van der Waals surface area (Å²) in [5.74, 6) is -0.223. The van der Waals surface area contributed by atoms with Crippen LogP contribution in [-0.2, 0) is 0 Å². The maximum atomic E-state index is 12.2. The van der Waals surface area contributed by atoms with Gasteiger partial charge in [0.05, 0.1) is 17.4 Å². The van der Waals surface area contributed by atoms with Crippen LogP contribution in [0.15, 0.2) is 36.7 Å². The molecule has 2 rings (SSSR count). The van der Waals surface area contributed by atoms with E-state index in [-0.39, 0.29) is 5.91 Å². The number of carbonyl (C=O) groups excluding carboxylic acids is 1. The largest absolute Gasteiger partial charge is 0.387 e. The van der Waals surface area contributed by atoms with Crippen molar-refractivity contribution in [1.82, 2.24) is 4.98 Å². The number of halogens is 1. The third kappa shape index (κ3) is 3.23. The normalized spacial score (nSPS) is 10.1. The molecule has 0 spiro atoms. The lowest BCUT2D eigenvalue weighted by Crippen LogP contribution is -2.14. The molecule has 4 nitrogen and oxygen atoms in total. The number of benzene rings is 1. The van der Waals surface area contributed by atoms with Crippen molar-refractivity contribution in [3.63, 3.8) is 0 Å². The van der Waals surface area contributed by atoms with Crippen LogP contribution in [-0.4, -0.2) is 17.9 Å². The van der Waals surface area contributed by atoms with Crippen LogP contribution >= 0.6 is 11.6 Å². The minimum Gasteiger partial charge on any atom is -0.387 e. The van der Waals surface area contributed by atoms with Gasteiger partial charge in [0.15, 0.2) is 0 Å². The zero-order valence-corrected chi connectivity index (χ0v) is 11.5. The van der Waals surface area contributed by atoms with Gasteiger partial charge in [-0.3, -0.25) is 9.78 Å². The highest BCUT2D eigenvalue weighted by Gasteiger charge is 2.11. The first-order chi connectivity index (χ1) is 9.10. The molecule has 2 N–H and O–H groups in total. The number of aromatic nitrogens is 1. The van der Waals surface area contributed by atoms with Gasteiger partial charge in [-0.05, 0) is 36.8 Å². The Morgan fingerprint density at radius 3 is 2.74 bits per heavy atom. The van der Waals surface area contributed by atoms with E-state index >= 15 is 0 Å². The van der Waals surface area contributed by atoms with Gasteiger partial charge in [0, 0.05) is 24.0 Å². The SMILES string of the molecule is CNc1ccc(Cl)cc1C(=O)Nc1cncc(C)c1. The first kappa shape index (κ1) is 13.4. The number of anilines is 2. The Bertz CT molecular complexity index is 613. The van der Waals surface area contributed by atoms with E-state index in [9.17, 15) is 4.79 Å². The lowest BCUT2D eigenvalue weighted by atomic mass is 10.1. The van der Waals surface area contributed by atoms with Gasteiger partial charge in [0.25, 0.3) is 5.91 Å². The molecular weight excluding hydrogens is 262 g/mol. The van der Waals surface area contributed by atoms with E-state index in [1.807, 2.05) is 13.0 Å². The zero-order chi connectivity index (χ0) is 13.8. The molecule has 0 bridgehead atoms. The molecule has 0 saturated heterocycles. The molecule has 1 amide bonds. The first-order valence-electron chi connectivity index (χ1n) is 5.80. The van der Waals surface area contributed by atoms with Gasteiger partial charge >= 0.3 is 0 Å². The van der Waals surface area contributed by atoms with E-state index in [2.05, 4.69) is 15.6 Å². The number of nitrogens with one attached hydrogen (secondary N) is 2. The van der Waals surface area contributed by atoms with Crippen LogP contribution in [0.4, 0.5) is 11.4 Å². The van der Waals surface area contributed by atoms with Crippen molar-refractivity contribution in [2.75, 3.05) is 17.7 Å². The van der Waals surface area contributed by atoms with E-state index < -0.39 is 0 Å². The van der Waals surface area contributed by atoms with Crippen LogP contribution in [0.1, 0.15) is 15.9 Å². The lowest BCUT2D eigenvalue weighted by Gasteiger charge is -2.10. The van der Waals surface area contributed by atoms with Gasteiger partial charge in [-0.1, -0.05) is 11.6 Å². The van der Waals surface area contributed by atoms with Crippen molar-refractivity contribution in [3.8, 4) is 0 Å². The second kappa shape index (κ2) is 5.71. The highest BCUT2D eigenvalue weighted by molar-refractivity contribution is 6.31. The van der Waals surface area contributed by atoms with Gasteiger partial charge in [-0.25, -0.2) is 0 Å². The highest BCUT2D eigenvalue weighted by atomic mass is 35.5. The molecular formula is C14H14ClN3O. The van der Waals surface area contributed by atoms with Crippen LogP contribution in [0.2, 0.25) is 5.02 Å². The fourth-order valence-corrected chi connectivity index (χ4v) is 1.92. The van der Waals surface area contributed by atoms with Gasteiger partial charge in [0.1, 0.15) is 0 Å². The second-order valence-electron chi connectivity index (χ2n) is 4.14. The zero-order valence-electron chi connectivity index (χ0n) is 10.7. The molecule has 98 valence electrons. The lowest BCUT2D eigenvalue weighted by molar-refractivity contribution is 0.102. The molecule has 0 aliphatic rings. The molecule has 19 heavy (non-hydrogen) atoms. The summed E-state index contributed by atoms with van der Waals surface area (Å²) in [6.07, 6.45) is 3.34. The van der Waals surface area contributed by atoms with Gasteiger partial charge < -0.3 is 10.6 Å². The molecule has 0 saturated carbocycles. The molecule has 1 aromatic carbocycles. The average Bonchev–Trinajstić information content (AvgIpc) is 2.38. The molecule has 1 aromatic heterocycles. The summed E-state index contributed by atoms with van der Waals surface area (Å²) in [6, 6.07) is 6.99. The van der Waals surface area contributed by atoms with Crippen molar-refractivity contribution in [2.45, 2.75) is 6.92 Å². The summed E-state index contributed by atoms with van der Waals surface area (Å²) in [7, 11) is 1.76. The molecule has 0 unspecified atom stereocenters. The Balaban J connectivity index is 2.27. The van der Waals surface area contributed by atoms with Gasteiger partial charge in [0.2, 0.25) is 0 Å². The second-order valence-corrected chi connectivity index (χ2v) is 4.58. The summed E-state index contributed by atoms with van der Waals surface area (Å²) in [5.41, 5.74) is 2.86. The summed E-state index contributed by atoms with van der Waals surface area (Å²) >= 11 is 5.93. The minimum atomic E-state index is -0.223. The summed E-state index contributed by atoms with van der Waals surface area (Å²) in [6.45, 7) is 1.92. The molecule has 0 fully saturated rings. The number of amides is 1. The summed E-state index contributed by atoms with van der Waals surface area (Å²) in [5, 5.41) is 6.29. The van der Waals surface area contributed by atoms with Crippen molar-refractivity contribution >= 4 is 28.9 Å². The maximum absolute atomic E-state index is 12.2. The minimum absolute atomic E-state index is 0.223. The fraction of sp³-hybridized carbons (Fsp3) is 0.143. The van der Waals surface area contributed by atoms with Crippen LogP contribution in [0.3, 0.4) is 0 Å². The van der Waals surface area contributed by atoms with E-state index in [0.29, 0.717) is 16.3 Å².